The summed E-state index contributed by atoms with van der Waals surface area (Å²) in [6, 6.07) is 5.93. The van der Waals surface area contributed by atoms with Crippen molar-refractivity contribution in [1.29, 1.82) is 0 Å². The topological polar surface area (TPSA) is 160 Å². The van der Waals surface area contributed by atoms with Crippen molar-refractivity contribution >= 4 is 35.7 Å². The summed E-state index contributed by atoms with van der Waals surface area (Å²) in [7, 11) is 0. The van der Waals surface area contributed by atoms with Gasteiger partial charge in [0.05, 0.1) is 12.1 Å². The maximum absolute atomic E-state index is 14.6. The molecule has 2 bridgehead atoms. The Bertz CT molecular complexity index is 1620. The number of carbonyl (C=O) groups is 6. The fraction of sp³-hybridized carbons (Fsp3) is 0.707. The van der Waals surface area contributed by atoms with Gasteiger partial charge in [0.1, 0.15) is 12.1 Å². The second-order valence-corrected chi connectivity index (χ2v) is 19.3. The van der Waals surface area contributed by atoms with Crippen molar-refractivity contribution in [2.75, 3.05) is 19.6 Å². The highest BCUT2D eigenvalue weighted by Crippen LogP contribution is 2.65. The van der Waals surface area contributed by atoms with Crippen LogP contribution in [0.1, 0.15) is 106 Å². The molecule has 6 rings (SSSR count). The third kappa shape index (κ3) is 8.10. The van der Waals surface area contributed by atoms with E-state index in [0.29, 0.717) is 38.3 Å². The summed E-state index contributed by atoms with van der Waals surface area (Å²) in [6.45, 7) is 18.3. The highest BCUT2D eigenvalue weighted by atomic mass is 16.2. The maximum Gasteiger partial charge on any atom is 0.336 e. The normalized spacial score (nSPS) is 27.4. The van der Waals surface area contributed by atoms with E-state index < -0.39 is 46.9 Å². The molecule has 2 saturated heterocycles. The predicted molar refractivity (Wildman–Crippen MR) is 203 cm³/mol. The molecule has 54 heavy (non-hydrogen) atoms. The Labute approximate surface area is 320 Å². The van der Waals surface area contributed by atoms with Gasteiger partial charge in [0.25, 0.3) is 5.91 Å². The lowest BCUT2D eigenvalue weighted by Crippen LogP contribution is -2.63. The molecule has 5 aliphatic rings. The van der Waals surface area contributed by atoms with Crippen LogP contribution in [-0.2, 0) is 19.2 Å². The molecular weight excluding hydrogens is 686 g/mol. The quantitative estimate of drug-likeness (QED) is 0.202. The van der Waals surface area contributed by atoms with E-state index in [0.717, 1.165) is 18.4 Å². The molecule has 296 valence electrons. The fourth-order valence-electron chi connectivity index (χ4n) is 8.86. The highest BCUT2D eigenvalue weighted by molar-refractivity contribution is 6.01. The number of amides is 8. The number of imide groups is 1. The molecule has 4 N–H and O–H groups in total. The number of hydrogen-bond donors (Lipinski definition) is 4. The highest BCUT2D eigenvalue weighted by Gasteiger charge is 2.70. The van der Waals surface area contributed by atoms with Gasteiger partial charge in [-0.05, 0) is 78.6 Å². The van der Waals surface area contributed by atoms with Crippen LogP contribution in [0.5, 0.6) is 0 Å². The van der Waals surface area contributed by atoms with Gasteiger partial charge in [0.2, 0.25) is 17.7 Å². The van der Waals surface area contributed by atoms with Crippen LogP contribution in [0.25, 0.3) is 0 Å². The van der Waals surface area contributed by atoms with Crippen molar-refractivity contribution in [3.05, 3.63) is 35.9 Å². The standard InChI is InChI=1S/C41H61N7O6/c1-23(25-13-11-10-12-14-25)42-38(54)48(20-24-15-16-24)45-33(49)31-30-28(41(30,8)9)21-46(31)36(52)32(40(5,6)7)44-37(53)43-29(39(2,3)4)22-47-34(50)26-17-18-27(19-26)35(47)51/h10-14,23-24,26-32H,15-22H2,1-9H3,(H,42,54)(H,45,49)(H2,43,44,53)/t23-,26-,27+,28+,29-,30+,31+,32-/m1/s1. The summed E-state index contributed by atoms with van der Waals surface area (Å²) in [6.07, 6.45) is 3.97. The van der Waals surface area contributed by atoms with E-state index in [1.807, 2.05) is 78.8 Å². The van der Waals surface area contributed by atoms with Crippen LogP contribution in [-0.4, -0.2) is 88.3 Å². The summed E-state index contributed by atoms with van der Waals surface area (Å²) in [4.78, 5) is 85.6. The summed E-state index contributed by atoms with van der Waals surface area (Å²) >= 11 is 0. The van der Waals surface area contributed by atoms with Gasteiger partial charge in [0.15, 0.2) is 0 Å². The molecule has 13 heteroatoms. The smallest absolute Gasteiger partial charge is 0.333 e. The first-order chi connectivity index (χ1) is 25.2. The fourth-order valence-corrected chi connectivity index (χ4v) is 8.86. The van der Waals surface area contributed by atoms with Crippen molar-refractivity contribution in [3.8, 4) is 0 Å². The molecule has 3 aliphatic carbocycles. The first kappa shape index (κ1) is 39.5. The summed E-state index contributed by atoms with van der Waals surface area (Å²) in [5, 5.41) is 10.3. The average molecular weight is 748 g/mol. The van der Waals surface area contributed by atoms with Crippen molar-refractivity contribution in [2.24, 2.45) is 45.8 Å². The zero-order chi connectivity index (χ0) is 39.5. The van der Waals surface area contributed by atoms with E-state index in [4.69, 9.17) is 0 Å². The van der Waals surface area contributed by atoms with Gasteiger partial charge in [-0.2, -0.15) is 0 Å². The minimum absolute atomic E-state index is 0.0532. The number of nitrogens with zero attached hydrogens (tertiary/aromatic N) is 3. The van der Waals surface area contributed by atoms with Crippen molar-refractivity contribution < 1.29 is 28.8 Å². The van der Waals surface area contributed by atoms with E-state index in [1.165, 1.54) is 9.91 Å². The largest absolute Gasteiger partial charge is 0.336 e. The molecule has 1 aromatic rings. The molecule has 8 amide bonds. The molecule has 3 saturated carbocycles. The summed E-state index contributed by atoms with van der Waals surface area (Å²) in [5.74, 6) is -1.17. The van der Waals surface area contributed by atoms with Gasteiger partial charge in [-0.25, -0.2) is 14.6 Å². The molecule has 8 atom stereocenters. The molecular formula is C41H61N7O6. The Kier molecular flexibility index (Phi) is 10.6. The Morgan fingerprint density at radius 3 is 2.04 bits per heavy atom. The minimum atomic E-state index is -0.999. The molecule has 0 radical (unpaired) electrons. The Balaban J connectivity index is 1.16. The lowest BCUT2D eigenvalue weighted by atomic mass is 9.84. The SMILES string of the molecule is C[C@@H](NC(=O)N(CC1CC1)NC(=O)[C@@H]1[C@@H]2[C@H](CN1C(=O)[C@@H](NC(=O)N[C@H](CN1C(=O)[C@@H]3CC[C@@H](C3)C1=O)C(C)(C)C)C(C)(C)C)C2(C)C)c1ccccc1. The maximum atomic E-state index is 14.6. The zero-order valence-corrected chi connectivity index (χ0v) is 33.5. The molecule has 2 heterocycles. The van der Waals surface area contributed by atoms with Crippen LogP contribution < -0.4 is 21.4 Å². The molecule has 2 aliphatic heterocycles. The molecule has 0 unspecified atom stereocenters. The zero-order valence-electron chi connectivity index (χ0n) is 33.5. The Hall–Kier alpha value is -4.16. The van der Waals surface area contributed by atoms with Gasteiger partial charge in [-0.3, -0.25) is 29.5 Å². The third-order valence-electron chi connectivity index (χ3n) is 12.8. The van der Waals surface area contributed by atoms with E-state index in [2.05, 4.69) is 35.2 Å². The summed E-state index contributed by atoms with van der Waals surface area (Å²) < 4.78 is 0. The third-order valence-corrected chi connectivity index (χ3v) is 12.8. The lowest BCUT2D eigenvalue weighted by molar-refractivity contribution is -0.153. The first-order valence-corrected chi connectivity index (χ1v) is 19.8. The molecule has 5 fully saturated rings. The molecule has 1 aromatic carbocycles. The van der Waals surface area contributed by atoms with Crippen molar-refractivity contribution in [3.63, 3.8) is 0 Å². The number of carbonyl (C=O) groups excluding carboxylic acids is 6. The van der Waals surface area contributed by atoms with Gasteiger partial charge < -0.3 is 20.9 Å². The van der Waals surface area contributed by atoms with Crippen molar-refractivity contribution in [2.45, 2.75) is 119 Å². The van der Waals surface area contributed by atoms with Gasteiger partial charge in [-0.1, -0.05) is 85.7 Å². The van der Waals surface area contributed by atoms with Crippen molar-refractivity contribution in [1.82, 2.24) is 36.2 Å². The predicted octanol–water partition coefficient (Wildman–Crippen LogP) is 4.60. The number of hydrogen-bond acceptors (Lipinski definition) is 6. The number of rotatable bonds is 10. The van der Waals surface area contributed by atoms with Crippen LogP contribution in [0, 0.1) is 45.8 Å². The number of urea groups is 2. The lowest BCUT2D eigenvalue weighted by Gasteiger charge is -2.40. The monoisotopic (exact) mass is 747 g/mol. The van der Waals surface area contributed by atoms with Crippen LogP contribution >= 0.6 is 0 Å². The number of hydrazine groups is 1. The van der Waals surface area contributed by atoms with Crippen LogP contribution in [0.2, 0.25) is 0 Å². The van der Waals surface area contributed by atoms with E-state index >= 15 is 0 Å². The Morgan fingerprint density at radius 1 is 0.870 bits per heavy atom. The van der Waals surface area contributed by atoms with Gasteiger partial charge >= 0.3 is 12.1 Å². The van der Waals surface area contributed by atoms with E-state index in [1.54, 1.807) is 4.90 Å². The molecule has 0 spiro atoms. The van der Waals surface area contributed by atoms with Gasteiger partial charge in [0, 0.05) is 31.5 Å². The number of nitrogens with one attached hydrogen (secondary N) is 4. The van der Waals surface area contributed by atoms with Crippen LogP contribution in [0.3, 0.4) is 0 Å². The number of benzene rings is 1. The Morgan fingerprint density at radius 2 is 1.48 bits per heavy atom. The second kappa shape index (κ2) is 14.5. The minimum Gasteiger partial charge on any atom is -0.333 e. The number of fused-ring (bicyclic) bond motifs is 3. The molecule has 0 aromatic heterocycles. The number of likely N-dealkylation sites (tertiary alicyclic amines) is 2. The molecule has 13 nitrogen and oxygen atoms in total. The van der Waals surface area contributed by atoms with Gasteiger partial charge in [-0.15, -0.1) is 0 Å². The van der Waals surface area contributed by atoms with E-state index in [-0.39, 0.29) is 59.4 Å². The second-order valence-electron chi connectivity index (χ2n) is 19.3. The van der Waals surface area contributed by atoms with E-state index in [9.17, 15) is 28.8 Å². The number of piperidine rings is 2. The average Bonchev–Trinajstić information content (AvgIpc) is 3.83. The van der Waals surface area contributed by atoms with Crippen LogP contribution in [0.4, 0.5) is 9.59 Å². The first-order valence-electron chi connectivity index (χ1n) is 19.8. The van der Waals surface area contributed by atoms with Crippen LogP contribution in [0.15, 0.2) is 30.3 Å². The summed E-state index contributed by atoms with van der Waals surface area (Å²) in [5.41, 5.74) is 2.43.